The zero-order valence-corrected chi connectivity index (χ0v) is 19.2. The zero-order chi connectivity index (χ0) is 24.7. The number of nitrogens with one attached hydrogen (secondary N) is 2. The van der Waals surface area contributed by atoms with Crippen LogP contribution in [0.3, 0.4) is 0 Å². The fourth-order valence-electron chi connectivity index (χ4n) is 3.17. The highest BCUT2D eigenvalue weighted by atomic mass is 32.1. The van der Waals surface area contributed by atoms with Gasteiger partial charge in [0.15, 0.2) is 0 Å². The summed E-state index contributed by atoms with van der Waals surface area (Å²) in [7, 11) is 0. The maximum Gasteiger partial charge on any atom is 0.416 e. The highest BCUT2D eigenvalue weighted by molar-refractivity contribution is 7.09. The van der Waals surface area contributed by atoms with Crippen molar-refractivity contribution in [3.63, 3.8) is 0 Å². The lowest BCUT2D eigenvalue weighted by Crippen LogP contribution is -2.37. The first-order chi connectivity index (χ1) is 16.2. The number of hydrogen-bond acceptors (Lipinski definition) is 5. The first kappa shape index (κ1) is 25.4. The van der Waals surface area contributed by atoms with Crippen LogP contribution >= 0.6 is 11.3 Å². The predicted octanol–water partition coefficient (Wildman–Crippen LogP) is 4.43. The van der Waals surface area contributed by atoms with Gasteiger partial charge < -0.3 is 15.7 Å². The van der Waals surface area contributed by atoms with E-state index in [2.05, 4.69) is 15.6 Å². The van der Waals surface area contributed by atoms with Gasteiger partial charge in [-0.25, -0.2) is 4.98 Å². The number of hydrogen-bond donors (Lipinski definition) is 3. The first-order valence-corrected chi connectivity index (χ1v) is 11.5. The molecule has 1 unspecified atom stereocenters. The van der Waals surface area contributed by atoms with Crippen molar-refractivity contribution in [3.05, 3.63) is 81.3 Å². The summed E-state index contributed by atoms with van der Waals surface area (Å²) in [6.07, 6.45) is -3.45. The summed E-state index contributed by atoms with van der Waals surface area (Å²) in [4.78, 5) is 28.8. The normalized spacial score (nSPS) is 12.3. The number of amides is 2. The van der Waals surface area contributed by atoms with Gasteiger partial charge >= 0.3 is 6.18 Å². The fourth-order valence-corrected chi connectivity index (χ4v) is 3.98. The lowest BCUT2D eigenvalue weighted by Gasteiger charge is -2.14. The van der Waals surface area contributed by atoms with Gasteiger partial charge in [-0.15, -0.1) is 11.3 Å². The second-order valence-corrected chi connectivity index (χ2v) is 8.63. The maximum absolute atomic E-state index is 12.9. The molecule has 34 heavy (non-hydrogen) atoms. The van der Waals surface area contributed by atoms with E-state index in [0.717, 1.165) is 17.7 Å². The third-order valence-corrected chi connectivity index (χ3v) is 5.90. The number of thiazole rings is 1. The van der Waals surface area contributed by atoms with E-state index in [4.69, 9.17) is 0 Å². The Labute approximate surface area is 198 Å². The molecule has 0 aliphatic carbocycles. The van der Waals surface area contributed by atoms with Crippen molar-refractivity contribution in [2.75, 3.05) is 11.9 Å². The van der Waals surface area contributed by atoms with E-state index in [0.29, 0.717) is 22.7 Å². The van der Waals surface area contributed by atoms with Crippen molar-refractivity contribution < 1.29 is 27.9 Å². The van der Waals surface area contributed by atoms with Crippen molar-refractivity contribution in [1.29, 1.82) is 0 Å². The largest absolute Gasteiger partial charge is 0.416 e. The zero-order valence-electron chi connectivity index (χ0n) is 18.4. The molecule has 3 aromatic rings. The number of nitrogens with zero attached hydrogens (tertiary/aromatic N) is 1. The van der Waals surface area contributed by atoms with Crippen LogP contribution in [-0.4, -0.2) is 34.6 Å². The van der Waals surface area contributed by atoms with Gasteiger partial charge in [-0.1, -0.05) is 37.3 Å². The van der Waals surface area contributed by atoms with Gasteiger partial charge in [-0.05, 0) is 35.7 Å². The average molecular weight is 492 g/mol. The Hall–Kier alpha value is -3.24. The number of benzene rings is 2. The first-order valence-electron chi connectivity index (χ1n) is 10.6. The van der Waals surface area contributed by atoms with Crippen molar-refractivity contribution in [3.8, 4) is 0 Å². The second-order valence-electron chi connectivity index (χ2n) is 7.68. The summed E-state index contributed by atoms with van der Waals surface area (Å²) in [5.74, 6) is -0.640. The van der Waals surface area contributed by atoms with Crippen LogP contribution in [0.1, 0.15) is 45.5 Å². The van der Waals surface area contributed by atoms with Gasteiger partial charge in [0.1, 0.15) is 5.69 Å². The molecule has 6 nitrogen and oxygen atoms in total. The molecule has 1 heterocycles. The van der Waals surface area contributed by atoms with Crippen LogP contribution in [0.4, 0.5) is 18.9 Å². The lowest BCUT2D eigenvalue weighted by molar-refractivity contribution is -0.137. The van der Waals surface area contributed by atoms with Crippen molar-refractivity contribution in [2.24, 2.45) is 0 Å². The number of carbonyl (C=O) groups is 2. The Morgan fingerprint density at radius 2 is 1.85 bits per heavy atom. The minimum absolute atomic E-state index is 0.120. The number of alkyl halides is 3. The van der Waals surface area contributed by atoms with Gasteiger partial charge in [0.2, 0.25) is 5.91 Å². The van der Waals surface area contributed by atoms with Crippen LogP contribution in [-0.2, 0) is 23.8 Å². The molecular formula is C24H24F3N3O3S. The summed E-state index contributed by atoms with van der Waals surface area (Å²) in [5, 5.41) is 16.7. The summed E-state index contributed by atoms with van der Waals surface area (Å²) in [6, 6.07) is 11.5. The average Bonchev–Trinajstić information content (AvgIpc) is 3.27. The Morgan fingerprint density at radius 3 is 2.50 bits per heavy atom. The molecule has 180 valence electrons. The number of anilines is 1. The number of aliphatic hydroxyl groups is 1. The number of rotatable bonds is 9. The summed E-state index contributed by atoms with van der Waals surface area (Å²) in [5.41, 5.74) is 1.17. The van der Waals surface area contributed by atoms with Gasteiger partial charge in [0, 0.05) is 17.5 Å². The molecule has 0 bridgehead atoms. The van der Waals surface area contributed by atoms with E-state index in [9.17, 15) is 27.9 Å². The maximum atomic E-state index is 12.9. The van der Waals surface area contributed by atoms with Gasteiger partial charge in [-0.3, -0.25) is 9.59 Å². The molecule has 1 atom stereocenters. The van der Waals surface area contributed by atoms with Gasteiger partial charge in [0.05, 0.1) is 29.6 Å². The molecule has 0 radical (unpaired) electrons. The van der Waals surface area contributed by atoms with E-state index < -0.39 is 17.6 Å². The van der Waals surface area contributed by atoms with Gasteiger partial charge in [-0.2, -0.15) is 13.2 Å². The summed E-state index contributed by atoms with van der Waals surface area (Å²) < 4.78 is 38.7. The number of halogens is 3. The number of carbonyl (C=O) groups excluding carboxylic acids is 2. The topological polar surface area (TPSA) is 91.3 Å². The smallest absolute Gasteiger partial charge is 0.394 e. The molecule has 0 aliphatic rings. The Balaban J connectivity index is 1.57. The molecule has 0 spiro atoms. The molecule has 10 heteroatoms. The number of aliphatic hydroxyl groups excluding tert-OH is 1. The molecule has 2 aromatic carbocycles. The lowest BCUT2D eigenvalue weighted by atomic mass is 10.1. The molecule has 0 aliphatic heterocycles. The highest BCUT2D eigenvalue weighted by Crippen LogP contribution is 2.30. The molecule has 3 N–H and O–H groups in total. The minimum Gasteiger partial charge on any atom is -0.394 e. The standard InChI is InChI=1S/C24H24F3N3O3S/c1-2-18(13-31)28-21(32)11-15-6-8-19(9-7-15)29-23(33)20-14-34-22(30-20)12-16-4-3-5-17(10-16)24(25,26)27/h3-10,14,18,31H,2,11-13H2,1H3,(H,28,32)(H,29,33). The van der Waals surface area contributed by atoms with E-state index in [1.165, 1.54) is 17.4 Å². The van der Waals surface area contributed by atoms with E-state index in [-0.39, 0.29) is 37.1 Å². The van der Waals surface area contributed by atoms with E-state index >= 15 is 0 Å². The van der Waals surface area contributed by atoms with Crippen LogP contribution in [0, 0.1) is 0 Å². The molecule has 0 saturated carbocycles. The Morgan fingerprint density at radius 1 is 1.12 bits per heavy atom. The molecule has 0 fully saturated rings. The van der Waals surface area contributed by atoms with E-state index in [1.54, 1.807) is 35.7 Å². The molecule has 1 aromatic heterocycles. The predicted molar refractivity (Wildman–Crippen MR) is 124 cm³/mol. The van der Waals surface area contributed by atoms with Crippen molar-refractivity contribution >= 4 is 28.8 Å². The number of aromatic nitrogens is 1. The van der Waals surface area contributed by atoms with Crippen LogP contribution in [0.5, 0.6) is 0 Å². The van der Waals surface area contributed by atoms with Crippen LogP contribution < -0.4 is 10.6 Å². The molecule has 0 saturated heterocycles. The van der Waals surface area contributed by atoms with Crippen molar-refractivity contribution in [1.82, 2.24) is 10.3 Å². The molecule has 3 rings (SSSR count). The van der Waals surface area contributed by atoms with E-state index in [1.807, 2.05) is 6.92 Å². The third-order valence-electron chi connectivity index (χ3n) is 5.05. The fraction of sp³-hybridized carbons (Fsp3) is 0.292. The van der Waals surface area contributed by atoms with Crippen LogP contribution in [0.15, 0.2) is 53.9 Å². The summed E-state index contributed by atoms with van der Waals surface area (Å²) in [6.45, 7) is 1.75. The second kappa shape index (κ2) is 11.3. The monoisotopic (exact) mass is 491 g/mol. The van der Waals surface area contributed by atoms with Gasteiger partial charge in [0.25, 0.3) is 5.91 Å². The molecular weight excluding hydrogens is 467 g/mol. The van der Waals surface area contributed by atoms with Crippen LogP contribution in [0.2, 0.25) is 0 Å². The highest BCUT2D eigenvalue weighted by Gasteiger charge is 2.30. The van der Waals surface area contributed by atoms with Crippen molar-refractivity contribution in [2.45, 2.75) is 38.4 Å². The quantitative estimate of drug-likeness (QED) is 0.413. The minimum atomic E-state index is -4.42. The third kappa shape index (κ3) is 7.13. The SMILES string of the molecule is CCC(CO)NC(=O)Cc1ccc(NC(=O)c2csc(Cc3cccc(C(F)(F)F)c3)n2)cc1. The Kier molecular flexibility index (Phi) is 8.41. The Bertz CT molecular complexity index is 1130. The molecule has 2 amide bonds. The summed E-state index contributed by atoms with van der Waals surface area (Å²) >= 11 is 1.20. The van der Waals surface area contributed by atoms with Crippen LogP contribution in [0.25, 0.3) is 0 Å².